The van der Waals surface area contributed by atoms with Gasteiger partial charge in [-0.1, -0.05) is 62.4 Å². The molecule has 0 spiro atoms. The number of fused-ring (bicyclic) bond motifs is 1. The Morgan fingerprint density at radius 3 is 2.36 bits per heavy atom. The summed E-state index contributed by atoms with van der Waals surface area (Å²) >= 11 is 0. The highest BCUT2D eigenvalue weighted by Gasteiger charge is 2.36. The quantitative estimate of drug-likeness (QED) is 0.392. The lowest BCUT2D eigenvalue weighted by Gasteiger charge is -2.36. The van der Waals surface area contributed by atoms with Crippen LogP contribution in [0.1, 0.15) is 52.2 Å². The number of rotatable bonds is 10. The second kappa shape index (κ2) is 13.5. The molecular weight excluding hydrogens is 496 g/mol. The molecule has 2 aromatic carbocycles. The molecule has 2 atom stereocenters. The summed E-state index contributed by atoms with van der Waals surface area (Å²) in [6, 6.07) is 16.5. The first-order valence-corrected chi connectivity index (χ1v) is 13.6. The normalized spacial score (nSPS) is 15.5. The number of para-hydroxylation sites is 1. The highest BCUT2D eigenvalue weighted by molar-refractivity contribution is 5.88. The molecule has 0 N–H and O–H groups in total. The lowest BCUT2D eigenvalue weighted by atomic mass is 9.95. The van der Waals surface area contributed by atoms with Crippen LogP contribution in [0.5, 0.6) is 5.75 Å². The monoisotopic (exact) mass is 538 g/mol. The summed E-state index contributed by atoms with van der Waals surface area (Å²) in [5.41, 5.74) is 1.23. The van der Waals surface area contributed by atoms with Crippen molar-refractivity contribution in [3.05, 3.63) is 65.7 Å². The van der Waals surface area contributed by atoms with Crippen molar-refractivity contribution in [1.82, 2.24) is 9.80 Å². The van der Waals surface area contributed by atoms with E-state index in [0.717, 1.165) is 23.3 Å². The topological polar surface area (TPSA) is 85.4 Å². The SMILES string of the molecule is CC(C)C[C@@H](C(=O)N(CC(=O)OCc1ccccc1)CC1COc2ccccc2C1)N(C)C(=O)OC(C)(C)C. The van der Waals surface area contributed by atoms with E-state index in [0.29, 0.717) is 19.6 Å². The molecule has 39 heavy (non-hydrogen) atoms. The Labute approximate surface area is 232 Å². The number of hydrogen-bond acceptors (Lipinski definition) is 6. The average molecular weight is 539 g/mol. The third kappa shape index (κ3) is 9.30. The van der Waals surface area contributed by atoms with Gasteiger partial charge in [0.1, 0.15) is 30.5 Å². The minimum absolute atomic E-state index is 0.0164. The molecule has 0 saturated heterocycles. The van der Waals surface area contributed by atoms with E-state index in [1.807, 2.05) is 68.4 Å². The first kappa shape index (κ1) is 30.0. The number of carbonyl (C=O) groups is 3. The predicted molar refractivity (Wildman–Crippen MR) is 149 cm³/mol. The van der Waals surface area contributed by atoms with Crippen LogP contribution < -0.4 is 4.74 Å². The maximum atomic E-state index is 14.0. The van der Waals surface area contributed by atoms with Crippen LogP contribution in [0.3, 0.4) is 0 Å². The highest BCUT2D eigenvalue weighted by Crippen LogP contribution is 2.28. The Balaban J connectivity index is 1.80. The fourth-order valence-corrected chi connectivity index (χ4v) is 4.53. The Morgan fingerprint density at radius 2 is 1.69 bits per heavy atom. The second-order valence-electron chi connectivity index (χ2n) is 11.6. The minimum atomic E-state index is -0.793. The van der Waals surface area contributed by atoms with Crippen molar-refractivity contribution in [3.63, 3.8) is 0 Å². The molecule has 1 aliphatic rings. The molecule has 0 bridgehead atoms. The number of hydrogen-bond donors (Lipinski definition) is 0. The fourth-order valence-electron chi connectivity index (χ4n) is 4.53. The van der Waals surface area contributed by atoms with Gasteiger partial charge in [-0.05, 0) is 56.7 Å². The van der Waals surface area contributed by atoms with E-state index in [4.69, 9.17) is 14.2 Å². The minimum Gasteiger partial charge on any atom is -0.493 e. The number of carbonyl (C=O) groups excluding carboxylic acids is 3. The second-order valence-corrected chi connectivity index (χ2v) is 11.6. The molecule has 1 aliphatic heterocycles. The third-order valence-corrected chi connectivity index (χ3v) is 6.44. The fraction of sp³-hybridized carbons (Fsp3) is 0.516. The van der Waals surface area contributed by atoms with E-state index in [1.165, 1.54) is 9.80 Å². The van der Waals surface area contributed by atoms with E-state index in [9.17, 15) is 14.4 Å². The Bertz CT molecular complexity index is 1110. The zero-order valence-corrected chi connectivity index (χ0v) is 24.0. The zero-order valence-electron chi connectivity index (χ0n) is 24.0. The van der Waals surface area contributed by atoms with Crippen LogP contribution in [0, 0.1) is 11.8 Å². The molecule has 0 saturated carbocycles. The number of benzene rings is 2. The van der Waals surface area contributed by atoms with Gasteiger partial charge in [-0.3, -0.25) is 14.5 Å². The standard InChI is InChI=1S/C31H42N2O6/c1-22(2)16-26(32(6)30(36)39-31(3,4)5)29(35)33(19-28(34)38-20-23-12-8-7-9-13-23)18-24-17-25-14-10-11-15-27(25)37-21-24/h7-15,22,24,26H,16-21H2,1-6H3/t24?,26-/m0/s1. The van der Waals surface area contributed by atoms with Gasteiger partial charge < -0.3 is 19.1 Å². The Hall–Kier alpha value is -3.55. The van der Waals surface area contributed by atoms with Gasteiger partial charge in [0, 0.05) is 19.5 Å². The number of nitrogens with zero attached hydrogens (tertiary/aromatic N) is 2. The van der Waals surface area contributed by atoms with Crippen LogP contribution in [-0.4, -0.2) is 66.2 Å². The molecular formula is C31H42N2O6. The van der Waals surface area contributed by atoms with Crippen molar-refractivity contribution in [2.24, 2.45) is 11.8 Å². The summed E-state index contributed by atoms with van der Waals surface area (Å²) in [5.74, 6) is 0.134. The van der Waals surface area contributed by atoms with E-state index in [2.05, 4.69) is 0 Å². The molecule has 8 heteroatoms. The van der Waals surface area contributed by atoms with Crippen LogP contribution >= 0.6 is 0 Å². The van der Waals surface area contributed by atoms with Gasteiger partial charge in [-0.15, -0.1) is 0 Å². The summed E-state index contributed by atoms with van der Waals surface area (Å²) in [7, 11) is 1.57. The summed E-state index contributed by atoms with van der Waals surface area (Å²) in [4.78, 5) is 42.8. The van der Waals surface area contributed by atoms with E-state index >= 15 is 0 Å². The number of amides is 2. The molecule has 0 radical (unpaired) electrons. The van der Waals surface area contributed by atoms with Crippen molar-refractivity contribution < 1.29 is 28.6 Å². The molecule has 1 unspecified atom stereocenters. The zero-order chi connectivity index (χ0) is 28.6. The lowest BCUT2D eigenvalue weighted by Crippen LogP contribution is -2.53. The molecule has 2 amide bonds. The smallest absolute Gasteiger partial charge is 0.410 e. The van der Waals surface area contributed by atoms with Gasteiger partial charge in [0.15, 0.2) is 0 Å². The Morgan fingerprint density at radius 1 is 1.03 bits per heavy atom. The number of esters is 1. The largest absolute Gasteiger partial charge is 0.493 e. The third-order valence-electron chi connectivity index (χ3n) is 6.44. The molecule has 3 rings (SSSR count). The van der Waals surface area contributed by atoms with Crippen LogP contribution in [0.25, 0.3) is 0 Å². The molecule has 0 fully saturated rings. The van der Waals surface area contributed by atoms with Gasteiger partial charge in [0.05, 0.1) is 6.61 Å². The van der Waals surface area contributed by atoms with Crippen molar-refractivity contribution >= 4 is 18.0 Å². The van der Waals surface area contributed by atoms with E-state index in [-0.39, 0.29) is 30.9 Å². The first-order chi connectivity index (χ1) is 18.4. The van der Waals surface area contributed by atoms with Crippen LogP contribution in [0.15, 0.2) is 54.6 Å². The summed E-state index contributed by atoms with van der Waals surface area (Å²) in [5, 5.41) is 0. The molecule has 0 aliphatic carbocycles. The van der Waals surface area contributed by atoms with Gasteiger partial charge >= 0.3 is 12.1 Å². The molecule has 212 valence electrons. The number of ether oxygens (including phenoxy) is 3. The van der Waals surface area contributed by atoms with Gasteiger partial charge in [0.2, 0.25) is 5.91 Å². The van der Waals surface area contributed by atoms with Crippen molar-refractivity contribution in [1.29, 1.82) is 0 Å². The molecule has 1 heterocycles. The molecule has 8 nitrogen and oxygen atoms in total. The average Bonchev–Trinajstić information content (AvgIpc) is 2.89. The first-order valence-electron chi connectivity index (χ1n) is 13.6. The highest BCUT2D eigenvalue weighted by atomic mass is 16.6. The molecule has 0 aromatic heterocycles. The van der Waals surface area contributed by atoms with Crippen molar-refractivity contribution in [2.75, 3.05) is 26.7 Å². The van der Waals surface area contributed by atoms with Crippen LogP contribution in [-0.2, 0) is 32.1 Å². The van der Waals surface area contributed by atoms with Crippen molar-refractivity contribution in [2.45, 2.75) is 65.7 Å². The van der Waals surface area contributed by atoms with Gasteiger partial charge in [-0.2, -0.15) is 0 Å². The van der Waals surface area contributed by atoms with E-state index in [1.54, 1.807) is 27.8 Å². The summed E-state index contributed by atoms with van der Waals surface area (Å²) in [6.45, 7) is 9.97. The molecule has 2 aromatic rings. The maximum absolute atomic E-state index is 14.0. The van der Waals surface area contributed by atoms with E-state index < -0.39 is 23.7 Å². The number of likely N-dealkylation sites (N-methyl/N-ethyl adjacent to an activating group) is 1. The summed E-state index contributed by atoms with van der Waals surface area (Å²) in [6.07, 6.45) is 0.562. The van der Waals surface area contributed by atoms with Crippen LogP contribution in [0.2, 0.25) is 0 Å². The van der Waals surface area contributed by atoms with Crippen LogP contribution in [0.4, 0.5) is 4.79 Å². The Kier molecular flexibility index (Phi) is 10.4. The van der Waals surface area contributed by atoms with Gasteiger partial charge in [-0.25, -0.2) is 4.79 Å². The lowest BCUT2D eigenvalue weighted by molar-refractivity contribution is -0.152. The summed E-state index contributed by atoms with van der Waals surface area (Å²) < 4.78 is 17.0. The predicted octanol–water partition coefficient (Wildman–Crippen LogP) is 5.09. The van der Waals surface area contributed by atoms with Gasteiger partial charge in [0.25, 0.3) is 0 Å². The maximum Gasteiger partial charge on any atom is 0.410 e. The van der Waals surface area contributed by atoms with Crippen molar-refractivity contribution in [3.8, 4) is 5.75 Å².